The van der Waals surface area contributed by atoms with Crippen molar-refractivity contribution in [3.8, 4) is 0 Å². The first-order valence-electron chi connectivity index (χ1n) is 8.36. The van der Waals surface area contributed by atoms with Crippen molar-refractivity contribution in [1.29, 1.82) is 0 Å². The Morgan fingerprint density at radius 1 is 1.38 bits per heavy atom. The molecule has 0 aromatic carbocycles. The van der Waals surface area contributed by atoms with Crippen molar-refractivity contribution < 1.29 is 13.2 Å². The molecule has 2 aromatic heterocycles. The molecule has 0 atom stereocenters. The van der Waals surface area contributed by atoms with Crippen LogP contribution < -0.4 is 10.0 Å². The van der Waals surface area contributed by atoms with Gasteiger partial charge in [-0.25, -0.2) is 18.1 Å². The number of hydrogen-bond donors (Lipinski definition) is 2. The number of aryl methyl sites for hydroxylation is 2. The number of pyridine rings is 1. The number of aromatic nitrogens is 3. The molecular formula is C16H26ClN5O3S. The van der Waals surface area contributed by atoms with Gasteiger partial charge in [0.1, 0.15) is 4.90 Å². The summed E-state index contributed by atoms with van der Waals surface area (Å²) in [6.07, 6.45) is 3.14. The molecule has 1 saturated heterocycles. The Kier molecular flexibility index (Phi) is 6.62. The molecular weight excluding hydrogens is 378 g/mol. The lowest BCUT2D eigenvalue weighted by atomic mass is 9.80. The van der Waals surface area contributed by atoms with E-state index < -0.39 is 10.0 Å². The number of sulfonamides is 1. The summed E-state index contributed by atoms with van der Waals surface area (Å²) in [5.74, 6) is 0. The third kappa shape index (κ3) is 4.17. The van der Waals surface area contributed by atoms with Gasteiger partial charge in [-0.05, 0) is 38.9 Å². The number of halogens is 1. The van der Waals surface area contributed by atoms with E-state index in [-0.39, 0.29) is 22.7 Å². The molecule has 2 N–H and O–H groups in total. The smallest absolute Gasteiger partial charge is 0.242 e. The van der Waals surface area contributed by atoms with Gasteiger partial charge < -0.3 is 10.1 Å². The van der Waals surface area contributed by atoms with Crippen LogP contribution in [0.2, 0.25) is 0 Å². The molecule has 1 fully saturated rings. The summed E-state index contributed by atoms with van der Waals surface area (Å²) in [5.41, 5.74) is 1.26. The summed E-state index contributed by atoms with van der Waals surface area (Å²) in [6, 6.07) is 1.64. The van der Waals surface area contributed by atoms with Crippen LogP contribution in [0.3, 0.4) is 0 Å². The molecule has 26 heavy (non-hydrogen) atoms. The van der Waals surface area contributed by atoms with E-state index in [1.165, 1.54) is 6.20 Å². The van der Waals surface area contributed by atoms with Crippen LogP contribution in [-0.2, 0) is 21.8 Å². The van der Waals surface area contributed by atoms with Gasteiger partial charge in [-0.1, -0.05) is 0 Å². The highest BCUT2D eigenvalue weighted by Gasteiger charge is 2.33. The molecule has 0 spiro atoms. The van der Waals surface area contributed by atoms with E-state index >= 15 is 0 Å². The van der Waals surface area contributed by atoms with E-state index in [9.17, 15) is 8.42 Å². The largest absolute Gasteiger partial charge is 0.384 e. The van der Waals surface area contributed by atoms with Gasteiger partial charge in [0, 0.05) is 37.7 Å². The molecule has 3 heterocycles. The molecule has 0 bridgehead atoms. The van der Waals surface area contributed by atoms with Crippen molar-refractivity contribution in [1.82, 2.24) is 24.8 Å². The SMILES string of the molecule is COCC1(CNS(=O)(=O)c2cnc3c(c2)c(C)nn3C)CCNCC1.Cl. The van der Waals surface area contributed by atoms with Gasteiger partial charge in [0.25, 0.3) is 0 Å². The average Bonchev–Trinajstić information content (AvgIpc) is 2.88. The predicted octanol–water partition coefficient (Wildman–Crippen LogP) is 0.993. The fourth-order valence-electron chi connectivity index (χ4n) is 3.40. The molecule has 2 aromatic rings. The third-order valence-electron chi connectivity index (χ3n) is 4.90. The number of methoxy groups -OCH3 is 1. The molecule has 10 heteroatoms. The maximum Gasteiger partial charge on any atom is 0.242 e. The lowest BCUT2D eigenvalue weighted by molar-refractivity contribution is 0.0577. The maximum absolute atomic E-state index is 12.7. The normalized spacial score (nSPS) is 17.2. The second-order valence-corrected chi connectivity index (χ2v) is 8.53. The molecule has 0 saturated carbocycles. The highest BCUT2D eigenvalue weighted by Crippen LogP contribution is 2.29. The molecule has 1 aliphatic heterocycles. The standard InChI is InChI=1S/C16H25N5O3S.ClH/c1-12-14-8-13(9-18-15(14)21(2)20-12)25(22,23)19-10-16(11-24-3)4-6-17-7-5-16;/h8-9,17,19H,4-7,10-11H2,1-3H3;1H. The van der Waals surface area contributed by atoms with Gasteiger partial charge in [0.15, 0.2) is 5.65 Å². The second kappa shape index (κ2) is 8.18. The molecule has 0 unspecified atom stereocenters. The number of hydrogen-bond acceptors (Lipinski definition) is 6. The Labute approximate surface area is 160 Å². The summed E-state index contributed by atoms with van der Waals surface area (Å²) in [7, 11) is -0.194. The van der Waals surface area contributed by atoms with Crippen molar-refractivity contribution in [3.05, 3.63) is 18.0 Å². The quantitative estimate of drug-likeness (QED) is 0.746. The third-order valence-corrected chi connectivity index (χ3v) is 6.27. The van der Waals surface area contributed by atoms with Crippen LogP contribution in [0, 0.1) is 12.3 Å². The monoisotopic (exact) mass is 403 g/mol. The van der Waals surface area contributed by atoms with E-state index in [0.29, 0.717) is 18.8 Å². The van der Waals surface area contributed by atoms with Crippen LogP contribution in [0.4, 0.5) is 0 Å². The van der Waals surface area contributed by atoms with Crippen molar-refractivity contribution in [3.63, 3.8) is 0 Å². The molecule has 8 nitrogen and oxygen atoms in total. The zero-order chi connectivity index (χ0) is 18.1. The van der Waals surface area contributed by atoms with Gasteiger partial charge in [0.2, 0.25) is 10.0 Å². The number of nitrogens with zero attached hydrogens (tertiary/aromatic N) is 3. The first-order chi connectivity index (χ1) is 11.9. The fourth-order valence-corrected chi connectivity index (χ4v) is 4.53. The Balaban J connectivity index is 0.00000243. The van der Waals surface area contributed by atoms with Crippen LogP contribution >= 0.6 is 12.4 Å². The lowest BCUT2D eigenvalue weighted by Crippen LogP contribution is -2.47. The minimum atomic E-state index is -3.64. The van der Waals surface area contributed by atoms with Crippen molar-refractivity contribution in [2.24, 2.45) is 12.5 Å². The lowest BCUT2D eigenvalue weighted by Gasteiger charge is -2.37. The molecule has 0 amide bonds. The number of ether oxygens (including phenoxy) is 1. The van der Waals surface area contributed by atoms with Crippen molar-refractivity contribution >= 4 is 33.5 Å². The second-order valence-electron chi connectivity index (χ2n) is 6.76. The topological polar surface area (TPSA) is 98.1 Å². The van der Waals surface area contributed by atoms with E-state index in [1.54, 1.807) is 24.9 Å². The Morgan fingerprint density at radius 3 is 2.73 bits per heavy atom. The maximum atomic E-state index is 12.7. The van der Waals surface area contributed by atoms with Gasteiger partial charge in [-0.15, -0.1) is 12.4 Å². The highest BCUT2D eigenvalue weighted by atomic mass is 35.5. The van der Waals surface area contributed by atoms with Crippen LogP contribution in [-0.4, -0.2) is 56.5 Å². The summed E-state index contributed by atoms with van der Waals surface area (Å²) >= 11 is 0. The molecule has 3 rings (SSSR count). The Morgan fingerprint density at radius 2 is 2.08 bits per heavy atom. The minimum absolute atomic E-state index is 0. The number of piperidine rings is 1. The van der Waals surface area contributed by atoms with E-state index in [1.807, 2.05) is 6.92 Å². The summed E-state index contributed by atoms with van der Waals surface area (Å²) in [5, 5.41) is 8.34. The van der Waals surface area contributed by atoms with Crippen LogP contribution in [0.1, 0.15) is 18.5 Å². The van der Waals surface area contributed by atoms with Gasteiger partial charge >= 0.3 is 0 Å². The van der Waals surface area contributed by atoms with Crippen molar-refractivity contribution in [2.75, 3.05) is 33.4 Å². The average molecular weight is 404 g/mol. The van der Waals surface area contributed by atoms with E-state index in [2.05, 4.69) is 20.1 Å². The zero-order valence-electron chi connectivity index (χ0n) is 15.3. The summed E-state index contributed by atoms with van der Waals surface area (Å²) in [4.78, 5) is 4.43. The van der Waals surface area contributed by atoms with Gasteiger partial charge in [-0.3, -0.25) is 4.68 Å². The Bertz CT molecular complexity index is 857. The first kappa shape index (κ1) is 21.0. The Hall–Kier alpha value is -1.26. The van der Waals surface area contributed by atoms with Gasteiger partial charge in [0.05, 0.1) is 12.3 Å². The van der Waals surface area contributed by atoms with Crippen LogP contribution in [0.25, 0.3) is 11.0 Å². The fraction of sp³-hybridized carbons (Fsp3) is 0.625. The van der Waals surface area contributed by atoms with Crippen LogP contribution in [0.5, 0.6) is 0 Å². The summed E-state index contributed by atoms with van der Waals surface area (Å²) < 4.78 is 35.3. The van der Waals surface area contributed by atoms with E-state index in [0.717, 1.165) is 37.0 Å². The number of nitrogens with one attached hydrogen (secondary N) is 2. The number of rotatable bonds is 6. The number of fused-ring (bicyclic) bond motifs is 1. The highest BCUT2D eigenvalue weighted by molar-refractivity contribution is 7.89. The predicted molar refractivity (Wildman–Crippen MR) is 102 cm³/mol. The van der Waals surface area contributed by atoms with Gasteiger partial charge in [-0.2, -0.15) is 5.10 Å². The van der Waals surface area contributed by atoms with Crippen molar-refractivity contribution in [2.45, 2.75) is 24.7 Å². The molecule has 0 radical (unpaired) electrons. The van der Waals surface area contributed by atoms with Crippen LogP contribution in [0.15, 0.2) is 17.2 Å². The molecule has 1 aliphatic rings. The summed E-state index contributed by atoms with van der Waals surface area (Å²) in [6.45, 7) is 4.47. The molecule has 146 valence electrons. The zero-order valence-corrected chi connectivity index (χ0v) is 16.9. The van der Waals surface area contributed by atoms with E-state index in [4.69, 9.17) is 4.74 Å². The first-order valence-corrected chi connectivity index (χ1v) is 9.84. The minimum Gasteiger partial charge on any atom is -0.384 e. The molecule has 0 aliphatic carbocycles.